The smallest absolute Gasteiger partial charge is 0.0842 e. The van der Waals surface area contributed by atoms with Gasteiger partial charge in [-0.2, -0.15) is 0 Å². The summed E-state index contributed by atoms with van der Waals surface area (Å²) in [4.78, 5) is 0. The molecule has 0 aliphatic rings. The van der Waals surface area contributed by atoms with Crippen LogP contribution in [0.3, 0.4) is 0 Å². The summed E-state index contributed by atoms with van der Waals surface area (Å²) < 4.78 is 25.0. The normalized spacial score (nSPS) is 12.4. The Kier molecular flexibility index (Phi) is 29.2. The van der Waals surface area contributed by atoms with Crippen LogP contribution in [0.1, 0.15) is 174 Å². The summed E-state index contributed by atoms with van der Waals surface area (Å²) >= 11 is -2.34. The largest absolute Gasteiger partial charge is 0.750 e. The molecule has 0 aromatic heterocycles. The highest BCUT2D eigenvalue weighted by molar-refractivity contribution is 7.74. The van der Waals surface area contributed by atoms with Crippen LogP contribution in [-0.4, -0.2) is 15.4 Å². The molecule has 0 heterocycles. The molecule has 0 saturated carbocycles. The van der Waals surface area contributed by atoms with Gasteiger partial charge in [-0.05, 0) is 6.42 Å². The Bertz CT molecular complexity index is 363. The van der Waals surface area contributed by atoms with Crippen molar-refractivity contribution in [3.63, 3.8) is 0 Å². The topological polar surface area (TPSA) is 49.4 Å². The molecule has 0 saturated heterocycles. The lowest BCUT2D eigenvalue weighted by atomic mass is 10.0. The minimum Gasteiger partial charge on any atom is -0.750 e. The molecule has 0 aromatic rings. The Labute approximate surface area is 204 Å². The average Bonchev–Trinajstić information content (AvgIpc) is 2.78. The molecule has 1 atom stereocenters. The van der Waals surface area contributed by atoms with Gasteiger partial charge in [-0.25, -0.2) is 4.21 Å². The Morgan fingerprint density at radius 1 is 0.438 bits per heavy atom. The van der Waals surface area contributed by atoms with Crippen molar-refractivity contribution in [3.05, 3.63) is 0 Å². The number of unbranched alkanes of at least 4 members (excludes halogenated alkanes) is 25. The number of rotatable bonds is 28. The van der Waals surface area contributed by atoms with Crippen LogP contribution >= 0.6 is 0 Å². The quantitative estimate of drug-likeness (QED) is 0.0838. The van der Waals surface area contributed by atoms with Crippen LogP contribution in [0.4, 0.5) is 0 Å². The first-order valence-corrected chi connectivity index (χ1v) is 15.5. The lowest BCUT2D eigenvalue weighted by molar-refractivity contribution is 0.290. The first-order valence-electron chi connectivity index (χ1n) is 14.5. The van der Waals surface area contributed by atoms with Gasteiger partial charge in [0, 0.05) is 0 Å². The Morgan fingerprint density at radius 2 is 0.656 bits per heavy atom. The van der Waals surface area contributed by atoms with Crippen molar-refractivity contribution in [3.8, 4) is 0 Å². The Hall–Kier alpha value is 0.0700. The fourth-order valence-corrected chi connectivity index (χ4v) is 4.80. The molecular formula is C28H57O3S-. The molecule has 0 aliphatic heterocycles. The first kappa shape index (κ1) is 32.1. The first-order chi connectivity index (χ1) is 15.8. The standard InChI is InChI=1S/C28H58O3S/c1-2-3-4-5-6-7-8-9-10-11-12-13-14-15-16-17-18-19-20-21-22-23-24-25-26-27-28-31-32(29)30/h2-28H2,1H3,(H,29,30)/p-1. The summed E-state index contributed by atoms with van der Waals surface area (Å²) in [7, 11) is 0. The molecule has 0 radical (unpaired) electrons. The second-order valence-electron chi connectivity index (χ2n) is 9.86. The van der Waals surface area contributed by atoms with Crippen LogP contribution in [0.15, 0.2) is 0 Å². The highest BCUT2D eigenvalue weighted by Crippen LogP contribution is 2.15. The van der Waals surface area contributed by atoms with Crippen molar-refractivity contribution >= 4 is 11.4 Å². The lowest BCUT2D eigenvalue weighted by Crippen LogP contribution is -1.97. The van der Waals surface area contributed by atoms with E-state index in [0.29, 0.717) is 6.61 Å². The molecule has 0 spiro atoms. The Morgan fingerprint density at radius 3 is 0.875 bits per heavy atom. The summed E-state index contributed by atoms with van der Waals surface area (Å²) in [5.41, 5.74) is 0. The highest BCUT2D eigenvalue weighted by atomic mass is 32.2. The molecular weight excluding hydrogens is 416 g/mol. The van der Waals surface area contributed by atoms with E-state index >= 15 is 0 Å². The van der Waals surface area contributed by atoms with E-state index in [1.807, 2.05) is 0 Å². The van der Waals surface area contributed by atoms with Crippen molar-refractivity contribution in [2.24, 2.45) is 0 Å². The Balaban J connectivity index is 3.00. The molecule has 1 unspecified atom stereocenters. The summed E-state index contributed by atoms with van der Waals surface area (Å²) in [6, 6.07) is 0. The van der Waals surface area contributed by atoms with Crippen LogP contribution in [-0.2, 0) is 15.5 Å². The van der Waals surface area contributed by atoms with Gasteiger partial charge in [0.15, 0.2) is 0 Å². The second-order valence-corrected chi connectivity index (χ2v) is 10.5. The summed E-state index contributed by atoms with van der Waals surface area (Å²) in [5.74, 6) is 0. The van der Waals surface area contributed by atoms with Crippen molar-refractivity contribution in [2.45, 2.75) is 174 Å². The van der Waals surface area contributed by atoms with Gasteiger partial charge < -0.3 is 8.74 Å². The maximum absolute atomic E-state index is 10.2. The number of hydrogen-bond acceptors (Lipinski definition) is 3. The van der Waals surface area contributed by atoms with E-state index in [0.717, 1.165) is 12.8 Å². The van der Waals surface area contributed by atoms with E-state index in [-0.39, 0.29) is 0 Å². The molecule has 3 nitrogen and oxygen atoms in total. The van der Waals surface area contributed by atoms with E-state index in [9.17, 15) is 8.76 Å². The molecule has 0 bridgehead atoms. The molecule has 4 heteroatoms. The van der Waals surface area contributed by atoms with Gasteiger partial charge in [0.05, 0.1) is 18.0 Å². The monoisotopic (exact) mass is 473 g/mol. The van der Waals surface area contributed by atoms with Gasteiger partial charge in [0.25, 0.3) is 0 Å². The van der Waals surface area contributed by atoms with Crippen LogP contribution in [0.2, 0.25) is 0 Å². The zero-order valence-corrected chi connectivity index (χ0v) is 22.5. The maximum Gasteiger partial charge on any atom is 0.0842 e. The number of hydrogen-bond donors (Lipinski definition) is 0. The predicted molar refractivity (Wildman–Crippen MR) is 141 cm³/mol. The zero-order chi connectivity index (χ0) is 23.4. The highest BCUT2D eigenvalue weighted by Gasteiger charge is 1.96. The molecule has 0 aromatic carbocycles. The third-order valence-electron chi connectivity index (χ3n) is 6.68. The molecule has 0 fully saturated rings. The second kappa shape index (κ2) is 29.1. The van der Waals surface area contributed by atoms with Gasteiger partial charge in [0.1, 0.15) is 0 Å². The third kappa shape index (κ3) is 30.1. The third-order valence-corrected chi connectivity index (χ3v) is 7.04. The molecule has 194 valence electrons. The average molecular weight is 474 g/mol. The van der Waals surface area contributed by atoms with Crippen molar-refractivity contribution in [1.82, 2.24) is 0 Å². The fraction of sp³-hybridized carbons (Fsp3) is 1.00. The molecule has 32 heavy (non-hydrogen) atoms. The summed E-state index contributed by atoms with van der Waals surface area (Å²) in [6.07, 6.45) is 36.0. The summed E-state index contributed by atoms with van der Waals surface area (Å²) in [6.45, 7) is 2.64. The minimum atomic E-state index is -2.34. The van der Waals surface area contributed by atoms with Gasteiger partial charge in [0.2, 0.25) is 0 Å². The van der Waals surface area contributed by atoms with E-state index < -0.39 is 11.4 Å². The van der Waals surface area contributed by atoms with Gasteiger partial charge >= 0.3 is 0 Å². The van der Waals surface area contributed by atoms with Crippen LogP contribution in [0, 0.1) is 0 Å². The van der Waals surface area contributed by atoms with Gasteiger partial charge in [-0.1, -0.05) is 167 Å². The molecule has 0 amide bonds. The predicted octanol–water partition coefficient (Wildman–Crippen LogP) is 9.96. The van der Waals surface area contributed by atoms with Crippen LogP contribution in [0.5, 0.6) is 0 Å². The molecule has 0 N–H and O–H groups in total. The van der Waals surface area contributed by atoms with E-state index in [1.165, 1.54) is 154 Å². The zero-order valence-electron chi connectivity index (χ0n) is 21.7. The van der Waals surface area contributed by atoms with Crippen molar-refractivity contribution in [2.75, 3.05) is 6.61 Å². The van der Waals surface area contributed by atoms with Crippen molar-refractivity contribution < 1.29 is 12.9 Å². The molecule has 0 aliphatic carbocycles. The van der Waals surface area contributed by atoms with Gasteiger partial charge in [-0.3, -0.25) is 0 Å². The van der Waals surface area contributed by atoms with Crippen LogP contribution < -0.4 is 0 Å². The van der Waals surface area contributed by atoms with E-state index in [2.05, 4.69) is 11.1 Å². The van der Waals surface area contributed by atoms with Crippen molar-refractivity contribution in [1.29, 1.82) is 0 Å². The summed E-state index contributed by atoms with van der Waals surface area (Å²) in [5, 5.41) is 0. The maximum atomic E-state index is 10.2. The van der Waals surface area contributed by atoms with Gasteiger partial charge in [-0.15, -0.1) is 0 Å². The SMILES string of the molecule is CCCCCCCCCCCCCCCCCCCCCCCCCCCCOS(=O)[O-]. The van der Waals surface area contributed by atoms with E-state index in [4.69, 9.17) is 0 Å². The minimum absolute atomic E-state index is 0.343. The van der Waals surface area contributed by atoms with E-state index in [1.54, 1.807) is 0 Å². The molecule has 0 rings (SSSR count). The lowest BCUT2D eigenvalue weighted by Gasteiger charge is -2.05. The van der Waals surface area contributed by atoms with Crippen LogP contribution in [0.25, 0.3) is 0 Å². The fourth-order valence-electron chi connectivity index (χ4n) is 4.54.